The molecule has 0 aliphatic rings. The van der Waals surface area contributed by atoms with Gasteiger partial charge in [-0.15, -0.1) is 5.10 Å². The van der Waals surface area contributed by atoms with Crippen molar-refractivity contribution in [3.8, 4) is 0 Å². The van der Waals surface area contributed by atoms with Crippen LogP contribution >= 0.6 is 7.60 Å². The van der Waals surface area contributed by atoms with Crippen LogP contribution in [0, 0.1) is 0 Å². The molecule has 142 valence electrons. The third kappa shape index (κ3) is 5.56. The summed E-state index contributed by atoms with van der Waals surface area (Å²) in [4.78, 5) is 23.5. The number of aliphatic hydroxyl groups excluding tert-OH is 1. The zero-order chi connectivity index (χ0) is 19.0. The van der Waals surface area contributed by atoms with Crippen LogP contribution in [0.15, 0.2) is 0 Å². The molecule has 0 fully saturated rings. The number of nitrogens with two attached hydrogens (primary N) is 2. The Balaban J connectivity index is 3.02. The highest BCUT2D eigenvalue weighted by molar-refractivity contribution is 7.53. The topological polar surface area (TPSA) is 197 Å². The summed E-state index contributed by atoms with van der Waals surface area (Å²) in [6.07, 6.45) is -1.60. The molecule has 1 aromatic heterocycles. The van der Waals surface area contributed by atoms with Gasteiger partial charge in [-0.1, -0.05) is 5.21 Å². The summed E-state index contributed by atoms with van der Waals surface area (Å²) in [5.74, 6) is 8.36. The van der Waals surface area contributed by atoms with E-state index in [1.807, 2.05) is 10.9 Å². The molecule has 14 heteroatoms. The maximum absolute atomic E-state index is 12.4. The van der Waals surface area contributed by atoms with Gasteiger partial charge in [0.1, 0.15) is 0 Å². The van der Waals surface area contributed by atoms with Gasteiger partial charge < -0.3 is 14.2 Å². The van der Waals surface area contributed by atoms with Gasteiger partial charge in [0.05, 0.1) is 32.0 Å². The lowest BCUT2D eigenvalue weighted by molar-refractivity contribution is 0.0905. The Morgan fingerprint density at radius 2 is 1.80 bits per heavy atom. The molecule has 25 heavy (non-hydrogen) atoms. The van der Waals surface area contributed by atoms with Gasteiger partial charge in [-0.25, -0.2) is 16.4 Å². The number of aromatic nitrogens is 3. The van der Waals surface area contributed by atoms with E-state index < -0.39 is 25.5 Å². The number of hydrogen-bond donors (Lipinski definition) is 5. The van der Waals surface area contributed by atoms with Gasteiger partial charge >= 0.3 is 7.60 Å². The second-order valence-corrected chi connectivity index (χ2v) is 6.80. The third-order valence-corrected chi connectivity index (χ3v) is 5.07. The van der Waals surface area contributed by atoms with E-state index >= 15 is 0 Å². The van der Waals surface area contributed by atoms with Gasteiger partial charge in [-0.2, -0.15) is 0 Å². The molecule has 0 aliphatic heterocycles. The predicted octanol–water partition coefficient (Wildman–Crippen LogP) is -1.89. The summed E-state index contributed by atoms with van der Waals surface area (Å²) in [7, 11) is -3.51. The Hall–Kier alpha value is -1.89. The Labute approximate surface area is 143 Å². The van der Waals surface area contributed by atoms with Crippen LogP contribution in [0.4, 0.5) is 0 Å². The van der Waals surface area contributed by atoms with Crippen LogP contribution in [0.1, 0.15) is 34.8 Å². The standard InChI is InChI=1S/C11H22N7O6P/c1-3-23-25(22,24-4-2)6-7(19)5-18-9(11(21)15-13)8(16-17-18)10(20)14-12/h7,19H,3-6,12-13H2,1-2H3,(H,14,20)(H,15,21). The number of aliphatic hydroxyl groups is 1. The summed E-state index contributed by atoms with van der Waals surface area (Å²) in [5, 5.41) is 17.3. The zero-order valence-corrected chi connectivity index (χ0v) is 14.7. The van der Waals surface area contributed by atoms with Gasteiger partial charge in [-0.3, -0.25) is 25.0 Å². The van der Waals surface area contributed by atoms with Gasteiger partial charge in [0.15, 0.2) is 11.4 Å². The number of nitrogens with one attached hydrogen (secondary N) is 2. The normalized spacial score (nSPS) is 12.7. The highest BCUT2D eigenvalue weighted by atomic mass is 31.2. The van der Waals surface area contributed by atoms with E-state index in [-0.39, 0.29) is 37.3 Å². The number of hydrazine groups is 2. The van der Waals surface area contributed by atoms with Crippen LogP contribution in [0.2, 0.25) is 0 Å². The second-order valence-electron chi connectivity index (χ2n) is 4.70. The van der Waals surface area contributed by atoms with Crippen molar-refractivity contribution in [3.63, 3.8) is 0 Å². The molecule has 0 bridgehead atoms. The Kier molecular flexibility index (Phi) is 8.09. The molecule has 2 amide bonds. The molecule has 0 radical (unpaired) electrons. The molecule has 0 aromatic carbocycles. The fourth-order valence-electron chi connectivity index (χ4n) is 2.01. The highest BCUT2D eigenvalue weighted by Gasteiger charge is 2.30. The van der Waals surface area contributed by atoms with Gasteiger partial charge in [0.25, 0.3) is 11.8 Å². The van der Waals surface area contributed by atoms with Crippen LogP contribution in [-0.4, -0.2) is 57.4 Å². The minimum Gasteiger partial charge on any atom is -0.391 e. The summed E-state index contributed by atoms with van der Waals surface area (Å²) in [5.41, 5.74) is 2.97. The number of carbonyl (C=O) groups excluding carboxylic acids is 2. The molecule has 1 aromatic rings. The number of nitrogen functional groups attached to an aromatic ring is 2. The molecular formula is C11H22N7O6P. The van der Waals surface area contributed by atoms with Crippen molar-refractivity contribution in [2.75, 3.05) is 19.4 Å². The van der Waals surface area contributed by atoms with Crippen LogP contribution in [0.3, 0.4) is 0 Å². The summed E-state index contributed by atoms with van der Waals surface area (Å²) >= 11 is 0. The maximum atomic E-state index is 12.4. The first kappa shape index (κ1) is 21.2. The lowest BCUT2D eigenvalue weighted by Gasteiger charge is -2.20. The number of nitrogens with zero attached hydrogens (tertiary/aromatic N) is 3. The van der Waals surface area contributed by atoms with E-state index in [1.54, 1.807) is 13.8 Å². The fraction of sp³-hybridized carbons (Fsp3) is 0.636. The Morgan fingerprint density at radius 3 is 2.28 bits per heavy atom. The van der Waals surface area contributed by atoms with Crippen LogP contribution in [-0.2, 0) is 20.2 Å². The number of amides is 2. The van der Waals surface area contributed by atoms with Crippen molar-refractivity contribution < 1.29 is 28.3 Å². The molecular weight excluding hydrogens is 357 g/mol. The van der Waals surface area contributed by atoms with Crippen molar-refractivity contribution in [1.29, 1.82) is 0 Å². The molecule has 0 saturated carbocycles. The summed E-state index contributed by atoms with van der Waals surface area (Å²) < 4.78 is 23.5. The molecule has 0 spiro atoms. The SMILES string of the molecule is CCOP(=O)(CC(O)Cn1nnc(C(=O)NN)c1C(=O)NN)OCC. The summed E-state index contributed by atoms with van der Waals surface area (Å²) in [6, 6.07) is 0. The average Bonchev–Trinajstić information content (AvgIpc) is 2.96. The van der Waals surface area contributed by atoms with Gasteiger partial charge in [0.2, 0.25) is 0 Å². The molecule has 1 heterocycles. The van der Waals surface area contributed by atoms with Gasteiger partial charge in [0, 0.05) is 0 Å². The lowest BCUT2D eigenvalue weighted by atomic mass is 10.2. The van der Waals surface area contributed by atoms with Crippen LogP contribution < -0.4 is 22.5 Å². The van der Waals surface area contributed by atoms with Crippen molar-refractivity contribution in [2.45, 2.75) is 26.5 Å². The van der Waals surface area contributed by atoms with Crippen molar-refractivity contribution >= 4 is 19.4 Å². The molecule has 1 atom stereocenters. The fourth-order valence-corrected chi connectivity index (χ4v) is 3.71. The first-order chi connectivity index (χ1) is 11.8. The molecule has 0 aliphatic carbocycles. The zero-order valence-electron chi connectivity index (χ0n) is 13.8. The number of carbonyl (C=O) groups is 2. The first-order valence-corrected chi connectivity index (χ1v) is 9.06. The van der Waals surface area contributed by atoms with Crippen molar-refractivity contribution in [1.82, 2.24) is 25.8 Å². The van der Waals surface area contributed by atoms with Crippen molar-refractivity contribution in [2.24, 2.45) is 11.7 Å². The highest BCUT2D eigenvalue weighted by Crippen LogP contribution is 2.48. The van der Waals surface area contributed by atoms with E-state index in [0.717, 1.165) is 4.68 Å². The van der Waals surface area contributed by atoms with E-state index in [0.29, 0.717) is 0 Å². The van der Waals surface area contributed by atoms with E-state index in [4.69, 9.17) is 20.7 Å². The Bertz CT molecular complexity index is 641. The van der Waals surface area contributed by atoms with E-state index in [1.165, 1.54) is 0 Å². The average molecular weight is 379 g/mol. The second kappa shape index (κ2) is 9.56. The quantitative estimate of drug-likeness (QED) is 0.133. The predicted molar refractivity (Wildman–Crippen MR) is 85.1 cm³/mol. The summed E-state index contributed by atoms with van der Waals surface area (Å²) in [6.45, 7) is 3.23. The first-order valence-electron chi connectivity index (χ1n) is 7.33. The molecule has 1 unspecified atom stereocenters. The maximum Gasteiger partial charge on any atom is 0.333 e. The van der Waals surface area contributed by atoms with Crippen LogP contribution in [0.5, 0.6) is 0 Å². The largest absolute Gasteiger partial charge is 0.391 e. The van der Waals surface area contributed by atoms with Crippen LogP contribution in [0.25, 0.3) is 0 Å². The minimum atomic E-state index is -3.51. The van der Waals surface area contributed by atoms with E-state index in [2.05, 4.69) is 10.3 Å². The third-order valence-electron chi connectivity index (χ3n) is 2.90. The van der Waals surface area contributed by atoms with E-state index in [9.17, 15) is 19.3 Å². The minimum absolute atomic E-state index is 0.134. The molecule has 13 nitrogen and oxygen atoms in total. The number of hydrogen-bond acceptors (Lipinski definition) is 10. The monoisotopic (exact) mass is 379 g/mol. The lowest BCUT2D eigenvalue weighted by Crippen LogP contribution is -2.37. The number of rotatable bonds is 10. The molecule has 7 N–H and O–H groups in total. The van der Waals surface area contributed by atoms with Gasteiger partial charge in [-0.05, 0) is 13.8 Å². The van der Waals surface area contributed by atoms with Crippen molar-refractivity contribution in [3.05, 3.63) is 11.4 Å². The smallest absolute Gasteiger partial charge is 0.333 e. The molecule has 0 saturated heterocycles. The molecule has 1 rings (SSSR count). The Morgan fingerprint density at radius 1 is 1.24 bits per heavy atom.